The van der Waals surface area contributed by atoms with Gasteiger partial charge < -0.3 is 11.1 Å². The lowest BCUT2D eigenvalue weighted by atomic mass is 10.1. The minimum Gasteiger partial charge on any atom is -0.348 e. The standard InChI is InChI=1S/C13H18N2OS/c14-7-5-10-1-3-11(4-2-10)13(16)15-12-6-8-17-9-12/h1-4,12H,5-9,14H2,(H,15,16). The van der Waals surface area contributed by atoms with Gasteiger partial charge in [0, 0.05) is 17.4 Å². The monoisotopic (exact) mass is 250 g/mol. The van der Waals surface area contributed by atoms with Crippen LogP contribution in [0.15, 0.2) is 24.3 Å². The maximum Gasteiger partial charge on any atom is 0.251 e. The zero-order chi connectivity index (χ0) is 12.1. The Morgan fingerprint density at radius 1 is 1.41 bits per heavy atom. The third-order valence-corrected chi connectivity index (χ3v) is 4.08. The van der Waals surface area contributed by atoms with E-state index in [2.05, 4.69) is 5.32 Å². The molecular formula is C13H18N2OS. The molecule has 2 rings (SSSR count). The van der Waals surface area contributed by atoms with Gasteiger partial charge in [0.15, 0.2) is 0 Å². The minimum atomic E-state index is 0.0387. The van der Waals surface area contributed by atoms with Crippen LogP contribution >= 0.6 is 11.8 Å². The number of carbonyl (C=O) groups excluding carboxylic acids is 1. The molecule has 4 heteroatoms. The average Bonchev–Trinajstić information content (AvgIpc) is 2.83. The molecule has 1 saturated heterocycles. The number of carbonyl (C=O) groups is 1. The molecule has 0 bridgehead atoms. The Morgan fingerprint density at radius 3 is 2.76 bits per heavy atom. The first kappa shape index (κ1) is 12.5. The van der Waals surface area contributed by atoms with Crippen LogP contribution in [0, 0.1) is 0 Å². The molecule has 17 heavy (non-hydrogen) atoms. The summed E-state index contributed by atoms with van der Waals surface area (Å²) < 4.78 is 0. The molecule has 0 aromatic heterocycles. The SMILES string of the molecule is NCCc1ccc(C(=O)NC2CCSC2)cc1. The first-order valence-corrected chi connectivity index (χ1v) is 7.12. The van der Waals surface area contributed by atoms with Crippen molar-refractivity contribution in [1.82, 2.24) is 5.32 Å². The minimum absolute atomic E-state index is 0.0387. The second-order valence-electron chi connectivity index (χ2n) is 4.27. The van der Waals surface area contributed by atoms with Crippen molar-refractivity contribution in [3.63, 3.8) is 0 Å². The van der Waals surface area contributed by atoms with E-state index in [0.29, 0.717) is 12.6 Å². The van der Waals surface area contributed by atoms with Crippen LogP contribution in [0.3, 0.4) is 0 Å². The molecule has 1 unspecified atom stereocenters. The molecule has 92 valence electrons. The average molecular weight is 250 g/mol. The number of nitrogens with one attached hydrogen (secondary N) is 1. The molecule has 0 radical (unpaired) electrons. The summed E-state index contributed by atoms with van der Waals surface area (Å²) in [4.78, 5) is 11.9. The summed E-state index contributed by atoms with van der Waals surface area (Å²) in [6, 6.07) is 8.05. The molecule has 1 aliphatic heterocycles. The Morgan fingerprint density at radius 2 is 2.18 bits per heavy atom. The predicted molar refractivity (Wildman–Crippen MR) is 72.4 cm³/mol. The van der Waals surface area contributed by atoms with Crippen molar-refractivity contribution >= 4 is 17.7 Å². The third kappa shape index (κ3) is 3.48. The highest BCUT2D eigenvalue weighted by Gasteiger charge is 2.18. The van der Waals surface area contributed by atoms with E-state index in [-0.39, 0.29) is 5.91 Å². The Balaban J connectivity index is 1.93. The van der Waals surface area contributed by atoms with Crippen LogP contribution in [0.1, 0.15) is 22.3 Å². The van der Waals surface area contributed by atoms with Crippen molar-refractivity contribution < 1.29 is 4.79 Å². The summed E-state index contributed by atoms with van der Waals surface area (Å²) in [5, 5.41) is 3.06. The summed E-state index contributed by atoms with van der Waals surface area (Å²) >= 11 is 1.90. The molecule has 0 spiro atoms. The first-order chi connectivity index (χ1) is 8.29. The zero-order valence-electron chi connectivity index (χ0n) is 9.82. The topological polar surface area (TPSA) is 55.1 Å². The Hall–Kier alpha value is -1.00. The smallest absolute Gasteiger partial charge is 0.251 e. The van der Waals surface area contributed by atoms with Crippen molar-refractivity contribution in [2.45, 2.75) is 18.9 Å². The molecule has 3 N–H and O–H groups in total. The van der Waals surface area contributed by atoms with Crippen LogP contribution in [0.25, 0.3) is 0 Å². The van der Waals surface area contributed by atoms with E-state index in [1.54, 1.807) is 0 Å². The van der Waals surface area contributed by atoms with Gasteiger partial charge in [-0.3, -0.25) is 4.79 Å². The second kappa shape index (κ2) is 6.07. The largest absolute Gasteiger partial charge is 0.348 e. The number of rotatable bonds is 4. The number of benzene rings is 1. The van der Waals surface area contributed by atoms with Crippen molar-refractivity contribution in [3.8, 4) is 0 Å². The van der Waals surface area contributed by atoms with Gasteiger partial charge >= 0.3 is 0 Å². The quantitative estimate of drug-likeness (QED) is 0.850. The number of hydrogen-bond donors (Lipinski definition) is 2. The number of hydrogen-bond acceptors (Lipinski definition) is 3. The molecule has 1 fully saturated rings. The highest BCUT2D eigenvalue weighted by Crippen LogP contribution is 2.17. The molecule has 1 amide bonds. The van der Waals surface area contributed by atoms with E-state index >= 15 is 0 Å². The van der Waals surface area contributed by atoms with Crippen LogP contribution in [0.2, 0.25) is 0 Å². The van der Waals surface area contributed by atoms with Crippen molar-refractivity contribution in [2.75, 3.05) is 18.1 Å². The fourth-order valence-corrected chi connectivity index (χ4v) is 3.06. The highest BCUT2D eigenvalue weighted by molar-refractivity contribution is 7.99. The van der Waals surface area contributed by atoms with E-state index in [0.717, 1.165) is 29.9 Å². The predicted octanol–water partition coefficient (Wildman–Crippen LogP) is 1.42. The lowest BCUT2D eigenvalue weighted by molar-refractivity contribution is 0.0941. The summed E-state index contributed by atoms with van der Waals surface area (Å²) in [6.07, 6.45) is 1.95. The van der Waals surface area contributed by atoms with E-state index < -0.39 is 0 Å². The Kier molecular flexibility index (Phi) is 4.45. The van der Waals surface area contributed by atoms with Gasteiger partial charge in [-0.05, 0) is 42.8 Å². The Bertz CT molecular complexity index is 372. The van der Waals surface area contributed by atoms with Crippen LogP contribution < -0.4 is 11.1 Å². The summed E-state index contributed by atoms with van der Waals surface area (Å²) in [6.45, 7) is 0.644. The summed E-state index contributed by atoms with van der Waals surface area (Å²) in [7, 11) is 0. The fourth-order valence-electron chi connectivity index (χ4n) is 1.91. The van der Waals surface area contributed by atoms with Gasteiger partial charge in [-0.25, -0.2) is 0 Å². The van der Waals surface area contributed by atoms with Gasteiger partial charge in [0.2, 0.25) is 0 Å². The molecule has 1 heterocycles. The number of nitrogens with two attached hydrogens (primary N) is 1. The molecule has 1 aliphatic rings. The molecular weight excluding hydrogens is 232 g/mol. The molecule has 1 atom stereocenters. The van der Waals surface area contributed by atoms with E-state index in [9.17, 15) is 4.79 Å². The van der Waals surface area contributed by atoms with E-state index in [1.807, 2.05) is 36.0 Å². The van der Waals surface area contributed by atoms with Crippen LogP contribution in [-0.2, 0) is 6.42 Å². The molecule has 0 aliphatic carbocycles. The maximum absolute atomic E-state index is 11.9. The lowest BCUT2D eigenvalue weighted by Crippen LogP contribution is -2.34. The van der Waals surface area contributed by atoms with Crippen LogP contribution in [0.5, 0.6) is 0 Å². The van der Waals surface area contributed by atoms with Gasteiger partial charge in [0.1, 0.15) is 0 Å². The molecule has 1 aromatic rings. The van der Waals surface area contributed by atoms with Crippen molar-refractivity contribution in [2.24, 2.45) is 5.73 Å². The van der Waals surface area contributed by atoms with Gasteiger partial charge in [-0.1, -0.05) is 12.1 Å². The molecule has 0 saturated carbocycles. The van der Waals surface area contributed by atoms with Gasteiger partial charge in [0.25, 0.3) is 5.91 Å². The van der Waals surface area contributed by atoms with E-state index in [1.165, 1.54) is 5.56 Å². The first-order valence-electron chi connectivity index (χ1n) is 5.97. The second-order valence-corrected chi connectivity index (χ2v) is 5.42. The van der Waals surface area contributed by atoms with Gasteiger partial charge in [-0.15, -0.1) is 0 Å². The summed E-state index contributed by atoms with van der Waals surface area (Å²) in [5.41, 5.74) is 7.41. The van der Waals surface area contributed by atoms with Crippen LogP contribution in [-0.4, -0.2) is 30.0 Å². The lowest BCUT2D eigenvalue weighted by Gasteiger charge is -2.11. The van der Waals surface area contributed by atoms with Crippen molar-refractivity contribution in [3.05, 3.63) is 35.4 Å². The zero-order valence-corrected chi connectivity index (χ0v) is 10.6. The van der Waals surface area contributed by atoms with Gasteiger partial charge in [0.05, 0.1) is 0 Å². The van der Waals surface area contributed by atoms with Crippen molar-refractivity contribution in [1.29, 1.82) is 0 Å². The maximum atomic E-state index is 11.9. The molecule has 3 nitrogen and oxygen atoms in total. The number of amides is 1. The molecule has 1 aromatic carbocycles. The Labute approximate surface area is 106 Å². The fraction of sp³-hybridized carbons (Fsp3) is 0.462. The van der Waals surface area contributed by atoms with E-state index in [4.69, 9.17) is 5.73 Å². The van der Waals surface area contributed by atoms with Crippen LogP contribution in [0.4, 0.5) is 0 Å². The summed E-state index contributed by atoms with van der Waals surface area (Å²) in [5.74, 6) is 2.23. The highest BCUT2D eigenvalue weighted by atomic mass is 32.2. The van der Waals surface area contributed by atoms with Gasteiger partial charge in [-0.2, -0.15) is 11.8 Å². The number of thioether (sulfide) groups is 1. The third-order valence-electron chi connectivity index (χ3n) is 2.91. The normalized spacial score (nSPS) is 19.2.